The number of aromatic nitrogens is 2. The summed E-state index contributed by atoms with van der Waals surface area (Å²) in [5.41, 5.74) is 8.43. The molecule has 15 heavy (non-hydrogen) atoms. The van der Waals surface area contributed by atoms with Crippen LogP contribution in [0.15, 0.2) is 24.3 Å². The minimum absolute atomic E-state index is 0.183. The molecule has 1 aromatic heterocycles. The van der Waals surface area contributed by atoms with Gasteiger partial charge in [-0.2, -0.15) is 5.10 Å². The minimum atomic E-state index is -0.219. The minimum Gasteiger partial charge on any atom is -0.320 e. The average molecular weight is 201 g/mol. The zero-order chi connectivity index (χ0) is 10.7. The third kappa shape index (κ3) is 1.01. The summed E-state index contributed by atoms with van der Waals surface area (Å²) in [5.74, 6) is 0. The van der Waals surface area contributed by atoms with Crippen LogP contribution >= 0.6 is 0 Å². The van der Waals surface area contributed by atoms with E-state index >= 15 is 0 Å². The summed E-state index contributed by atoms with van der Waals surface area (Å²) in [5, 5.41) is 8.54. The van der Waals surface area contributed by atoms with E-state index in [0.717, 1.165) is 23.0 Å². The Kier molecular flexibility index (Phi) is 1.44. The largest absolute Gasteiger partial charge is 0.320 e. The number of hydrogen-bond acceptors (Lipinski definition) is 2. The highest BCUT2D eigenvalue weighted by molar-refractivity contribution is 5.82. The summed E-state index contributed by atoms with van der Waals surface area (Å²) < 4.78 is 0. The van der Waals surface area contributed by atoms with Crippen LogP contribution in [0.4, 0.5) is 0 Å². The standard InChI is InChI=1S/C12H15N3/c1-11(2)7-12(11,13)10-8-5-3-4-6-9(8)14-15-10/h3-6H,7,13H2,1-2H3,(H,14,15). The van der Waals surface area contributed by atoms with E-state index in [9.17, 15) is 0 Å². The van der Waals surface area contributed by atoms with Crippen molar-refractivity contribution in [3.05, 3.63) is 30.0 Å². The molecule has 1 saturated carbocycles. The number of aromatic amines is 1. The summed E-state index contributed by atoms with van der Waals surface area (Å²) in [6.45, 7) is 4.39. The Morgan fingerprint density at radius 2 is 2.00 bits per heavy atom. The lowest BCUT2D eigenvalue weighted by molar-refractivity contribution is 0.501. The lowest BCUT2D eigenvalue weighted by Crippen LogP contribution is -2.26. The van der Waals surface area contributed by atoms with Gasteiger partial charge >= 0.3 is 0 Å². The second-order valence-corrected chi connectivity index (χ2v) is 5.15. The maximum atomic E-state index is 6.38. The van der Waals surface area contributed by atoms with E-state index in [-0.39, 0.29) is 11.0 Å². The van der Waals surface area contributed by atoms with Crippen LogP contribution in [-0.4, -0.2) is 10.2 Å². The van der Waals surface area contributed by atoms with Gasteiger partial charge in [-0.1, -0.05) is 32.0 Å². The zero-order valence-corrected chi connectivity index (χ0v) is 9.04. The molecule has 0 bridgehead atoms. The van der Waals surface area contributed by atoms with Gasteiger partial charge in [0.15, 0.2) is 0 Å². The molecule has 0 amide bonds. The van der Waals surface area contributed by atoms with Gasteiger partial charge < -0.3 is 5.73 Å². The summed E-state index contributed by atoms with van der Waals surface area (Å²) in [6.07, 6.45) is 1.02. The van der Waals surface area contributed by atoms with Crippen molar-refractivity contribution in [2.45, 2.75) is 25.8 Å². The Bertz CT molecular complexity index is 526. The molecule has 1 aromatic carbocycles. The molecule has 1 heterocycles. The van der Waals surface area contributed by atoms with E-state index in [0.29, 0.717) is 0 Å². The highest BCUT2D eigenvalue weighted by Gasteiger charge is 2.61. The number of nitrogens with one attached hydrogen (secondary N) is 1. The molecular weight excluding hydrogens is 186 g/mol. The number of H-pyrrole nitrogens is 1. The first-order valence-electron chi connectivity index (χ1n) is 5.27. The van der Waals surface area contributed by atoms with Gasteiger partial charge in [0.05, 0.1) is 16.7 Å². The fourth-order valence-electron chi connectivity index (χ4n) is 2.38. The average Bonchev–Trinajstić information content (AvgIpc) is 2.61. The van der Waals surface area contributed by atoms with E-state index in [1.807, 2.05) is 18.2 Å². The fourth-order valence-corrected chi connectivity index (χ4v) is 2.38. The number of para-hydroxylation sites is 1. The van der Waals surface area contributed by atoms with E-state index in [1.54, 1.807) is 0 Å². The normalized spacial score (nSPS) is 28.2. The Morgan fingerprint density at radius 3 is 2.67 bits per heavy atom. The topological polar surface area (TPSA) is 54.7 Å². The first-order chi connectivity index (χ1) is 7.05. The molecule has 2 aromatic rings. The van der Waals surface area contributed by atoms with Crippen LogP contribution in [0.3, 0.4) is 0 Å². The van der Waals surface area contributed by atoms with Crippen molar-refractivity contribution in [1.29, 1.82) is 0 Å². The number of benzene rings is 1. The molecule has 3 rings (SSSR count). The summed E-state index contributed by atoms with van der Waals surface area (Å²) in [7, 11) is 0. The molecule has 3 nitrogen and oxygen atoms in total. The third-order valence-corrected chi connectivity index (χ3v) is 3.71. The lowest BCUT2D eigenvalue weighted by atomic mass is 9.99. The van der Waals surface area contributed by atoms with Gasteiger partial charge in [-0.25, -0.2) is 0 Å². The quantitative estimate of drug-likeness (QED) is 0.742. The van der Waals surface area contributed by atoms with Crippen molar-refractivity contribution in [1.82, 2.24) is 10.2 Å². The molecule has 78 valence electrons. The van der Waals surface area contributed by atoms with Crippen molar-refractivity contribution in [2.75, 3.05) is 0 Å². The maximum absolute atomic E-state index is 6.38. The van der Waals surface area contributed by atoms with E-state index < -0.39 is 0 Å². The van der Waals surface area contributed by atoms with E-state index in [1.165, 1.54) is 0 Å². The van der Waals surface area contributed by atoms with Crippen LogP contribution in [-0.2, 0) is 5.54 Å². The number of rotatable bonds is 1. The third-order valence-electron chi connectivity index (χ3n) is 3.71. The van der Waals surface area contributed by atoms with Crippen LogP contribution < -0.4 is 5.73 Å². The van der Waals surface area contributed by atoms with Gasteiger partial charge in [0.2, 0.25) is 0 Å². The summed E-state index contributed by atoms with van der Waals surface area (Å²) in [6, 6.07) is 8.11. The van der Waals surface area contributed by atoms with Gasteiger partial charge in [0.1, 0.15) is 0 Å². The highest BCUT2D eigenvalue weighted by Crippen LogP contribution is 2.60. The van der Waals surface area contributed by atoms with Crippen LogP contribution in [0.2, 0.25) is 0 Å². The second kappa shape index (κ2) is 2.42. The molecule has 1 fully saturated rings. The molecule has 3 N–H and O–H groups in total. The second-order valence-electron chi connectivity index (χ2n) is 5.15. The van der Waals surface area contributed by atoms with Gasteiger partial charge in [0, 0.05) is 5.39 Å². The Morgan fingerprint density at radius 1 is 1.33 bits per heavy atom. The predicted molar refractivity (Wildman–Crippen MR) is 60.4 cm³/mol. The Labute approximate surface area is 88.7 Å². The van der Waals surface area contributed by atoms with Crippen LogP contribution in [0, 0.1) is 5.41 Å². The van der Waals surface area contributed by atoms with Crippen LogP contribution in [0.25, 0.3) is 10.9 Å². The van der Waals surface area contributed by atoms with Crippen molar-refractivity contribution in [2.24, 2.45) is 11.1 Å². The summed E-state index contributed by atoms with van der Waals surface area (Å²) in [4.78, 5) is 0. The number of fused-ring (bicyclic) bond motifs is 1. The van der Waals surface area contributed by atoms with Crippen molar-refractivity contribution >= 4 is 10.9 Å². The Hall–Kier alpha value is -1.35. The molecule has 0 aliphatic heterocycles. The molecule has 0 saturated heterocycles. The number of hydrogen-bond donors (Lipinski definition) is 2. The molecule has 1 unspecified atom stereocenters. The SMILES string of the molecule is CC1(C)CC1(N)c1[nH]nc2ccccc12. The van der Waals surface area contributed by atoms with Gasteiger partial charge in [-0.15, -0.1) is 0 Å². The summed E-state index contributed by atoms with van der Waals surface area (Å²) >= 11 is 0. The van der Waals surface area contributed by atoms with E-state index in [4.69, 9.17) is 5.73 Å². The number of nitrogens with two attached hydrogens (primary N) is 1. The molecule has 0 spiro atoms. The molecule has 1 aliphatic rings. The smallest absolute Gasteiger partial charge is 0.0924 e. The van der Waals surface area contributed by atoms with E-state index in [2.05, 4.69) is 30.1 Å². The van der Waals surface area contributed by atoms with Gasteiger partial charge in [-0.3, -0.25) is 5.10 Å². The van der Waals surface area contributed by atoms with Crippen molar-refractivity contribution in [3.63, 3.8) is 0 Å². The molecule has 1 atom stereocenters. The monoisotopic (exact) mass is 201 g/mol. The zero-order valence-electron chi connectivity index (χ0n) is 9.04. The van der Waals surface area contributed by atoms with Crippen molar-refractivity contribution in [3.8, 4) is 0 Å². The molecule has 0 radical (unpaired) electrons. The lowest BCUT2D eigenvalue weighted by Gasteiger charge is -2.13. The van der Waals surface area contributed by atoms with Gasteiger partial charge in [0.25, 0.3) is 0 Å². The maximum Gasteiger partial charge on any atom is 0.0924 e. The van der Waals surface area contributed by atoms with Crippen LogP contribution in [0.1, 0.15) is 26.0 Å². The molecule has 3 heteroatoms. The van der Waals surface area contributed by atoms with Crippen LogP contribution in [0.5, 0.6) is 0 Å². The predicted octanol–water partition coefficient (Wildman–Crippen LogP) is 2.15. The number of nitrogens with zero attached hydrogens (tertiary/aromatic N) is 1. The highest BCUT2D eigenvalue weighted by atomic mass is 15.2. The fraction of sp³-hybridized carbons (Fsp3) is 0.417. The van der Waals surface area contributed by atoms with Gasteiger partial charge in [-0.05, 0) is 17.9 Å². The van der Waals surface area contributed by atoms with Crippen molar-refractivity contribution < 1.29 is 0 Å². The first kappa shape index (κ1) is 8.92. The molecular formula is C12H15N3. The first-order valence-corrected chi connectivity index (χ1v) is 5.27. The molecule has 1 aliphatic carbocycles. The Balaban J connectivity index is 2.21.